The maximum atomic E-state index is 13.5. The van der Waals surface area contributed by atoms with Crippen LogP contribution in [0.3, 0.4) is 0 Å². The van der Waals surface area contributed by atoms with Crippen molar-refractivity contribution in [3.8, 4) is 0 Å². The maximum Gasteiger partial charge on any atom is 0.290 e. The Hall–Kier alpha value is -2.86. The van der Waals surface area contributed by atoms with Crippen LogP contribution in [0.25, 0.3) is 0 Å². The number of furan rings is 1. The third kappa shape index (κ3) is 3.92. The number of amides is 2. The molecule has 3 aromatic rings. The molecule has 2 amide bonds. The van der Waals surface area contributed by atoms with E-state index >= 15 is 0 Å². The zero-order valence-corrected chi connectivity index (χ0v) is 18.3. The van der Waals surface area contributed by atoms with Gasteiger partial charge in [0.2, 0.25) is 5.91 Å². The molecule has 1 aromatic carbocycles. The van der Waals surface area contributed by atoms with E-state index in [9.17, 15) is 9.59 Å². The van der Waals surface area contributed by atoms with Crippen molar-refractivity contribution in [2.24, 2.45) is 0 Å². The first kappa shape index (κ1) is 20.4. The first-order valence-electron chi connectivity index (χ1n) is 10.1. The number of carbonyl (C=O) groups excluding carboxylic acids is 2. The number of carbonyl (C=O) groups is 2. The molecule has 0 fully saturated rings. The fourth-order valence-corrected chi connectivity index (χ4v) is 4.86. The molecule has 1 aliphatic rings. The van der Waals surface area contributed by atoms with Gasteiger partial charge in [0.25, 0.3) is 5.91 Å². The largest absolute Gasteiger partial charge is 0.459 e. The van der Waals surface area contributed by atoms with E-state index in [-0.39, 0.29) is 30.2 Å². The van der Waals surface area contributed by atoms with Crippen molar-refractivity contribution in [2.45, 2.75) is 38.8 Å². The summed E-state index contributed by atoms with van der Waals surface area (Å²) >= 11 is 1.74. The molecule has 2 aromatic heterocycles. The maximum absolute atomic E-state index is 13.5. The van der Waals surface area contributed by atoms with Crippen molar-refractivity contribution in [2.75, 3.05) is 13.1 Å². The first-order chi connectivity index (χ1) is 14.4. The summed E-state index contributed by atoms with van der Waals surface area (Å²) in [5.74, 6) is -0.0861. The molecule has 1 atom stereocenters. The number of thiophene rings is 1. The number of hydrogen-bond acceptors (Lipinski definition) is 4. The van der Waals surface area contributed by atoms with E-state index in [0.717, 1.165) is 12.0 Å². The highest BCUT2D eigenvalue weighted by molar-refractivity contribution is 7.10. The Labute approximate surface area is 180 Å². The Balaban J connectivity index is 1.64. The summed E-state index contributed by atoms with van der Waals surface area (Å²) in [7, 11) is 0. The monoisotopic (exact) mass is 422 g/mol. The molecule has 0 bridgehead atoms. The van der Waals surface area contributed by atoms with Gasteiger partial charge in [-0.2, -0.15) is 0 Å². The molecule has 5 nitrogen and oxygen atoms in total. The van der Waals surface area contributed by atoms with Gasteiger partial charge in [0.1, 0.15) is 6.54 Å². The van der Waals surface area contributed by atoms with E-state index in [0.29, 0.717) is 6.54 Å². The van der Waals surface area contributed by atoms with Crippen molar-refractivity contribution in [1.82, 2.24) is 9.80 Å². The Morgan fingerprint density at radius 1 is 1.13 bits per heavy atom. The summed E-state index contributed by atoms with van der Waals surface area (Å²) in [5.41, 5.74) is 1.75. The summed E-state index contributed by atoms with van der Waals surface area (Å²) in [6.45, 7) is 6.44. The zero-order chi connectivity index (χ0) is 21.3. The van der Waals surface area contributed by atoms with Gasteiger partial charge in [-0.15, -0.1) is 11.3 Å². The predicted molar refractivity (Wildman–Crippen MR) is 118 cm³/mol. The quantitative estimate of drug-likeness (QED) is 0.609. The second-order valence-corrected chi connectivity index (χ2v) is 9.49. The molecular formula is C24H26N2O3S. The molecule has 0 saturated heterocycles. The summed E-state index contributed by atoms with van der Waals surface area (Å²) in [5, 5.41) is 2.09. The van der Waals surface area contributed by atoms with Crippen LogP contribution >= 0.6 is 11.3 Å². The lowest BCUT2D eigenvalue weighted by molar-refractivity contribution is -0.135. The van der Waals surface area contributed by atoms with Gasteiger partial charge in [0.05, 0.1) is 12.3 Å². The van der Waals surface area contributed by atoms with Crippen molar-refractivity contribution in [3.63, 3.8) is 0 Å². The van der Waals surface area contributed by atoms with Crippen LogP contribution in [0.2, 0.25) is 0 Å². The van der Waals surface area contributed by atoms with E-state index in [4.69, 9.17) is 4.42 Å². The molecule has 0 N–H and O–H groups in total. The van der Waals surface area contributed by atoms with Gasteiger partial charge >= 0.3 is 0 Å². The van der Waals surface area contributed by atoms with Crippen molar-refractivity contribution < 1.29 is 14.0 Å². The lowest BCUT2D eigenvalue weighted by atomic mass is 9.93. The lowest BCUT2D eigenvalue weighted by Gasteiger charge is -2.40. The molecule has 0 radical (unpaired) electrons. The van der Waals surface area contributed by atoms with Crippen LogP contribution in [-0.4, -0.2) is 40.2 Å². The fraction of sp³-hybridized carbons (Fsp3) is 0.333. The number of hydrogen-bond donors (Lipinski definition) is 0. The highest BCUT2D eigenvalue weighted by atomic mass is 32.1. The Bertz CT molecular complexity index is 1020. The van der Waals surface area contributed by atoms with Gasteiger partial charge in [-0.05, 0) is 61.9 Å². The number of fused-ring (bicyclic) bond motifs is 1. The minimum Gasteiger partial charge on any atom is -0.459 e. The Morgan fingerprint density at radius 3 is 2.57 bits per heavy atom. The van der Waals surface area contributed by atoms with E-state index in [1.807, 2.05) is 43.9 Å². The molecule has 0 saturated carbocycles. The number of benzene rings is 1. The third-order valence-corrected chi connectivity index (χ3v) is 6.48. The molecule has 6 heteroatoms. The molecule has 3 heterocycles. The molecule has 1 aliphatic heterocycles. The van der Waals surface area contributed by atoms with E-state index < -0.39 is 5.54 Å². The van der Waals surface area contributed by atoms with Gasteiger partial charge in [-0.1, -0.05) is 30.3 Å². The summed E-state index contributed by atoms with van der Waals surface area (Å²) in [6.07, 6.45) is 2.31. The molecule has 4 rings (SSSR count). The van der Waals surface area contributed by atoms with E-state index in [1.54, 1.807) is 28.4 Å². The van der Waals surface area contributed by atoms with E-state index in [1.165, 1.54) is 16.7 Å². The van der Waals surface area contributed by atoms with Gasteiger partial charge in [0.15, 0.2) is 5.76 Å². The molecule has 1 unspecified atom stereocenters. The van der Waals surface area contributed by atoms with Gasteiger partial charge < -0.3 is 14.2 Å². The Morgan fingerprint density at radius 2 is 1.90 bits per heavy atom. The second kappa shape index (κ2) is 8.11. The summed E-state index contributed by atoms with van der Waals surface area (Å²) in [4.78, 5) is 31.4. The topological polar surface area (TPSA) is 53.8 Å². The van der Waals surface area contributed by atoms with Crippen LogP contribution < -0.4 is 0 Å². The van der Waals surface area contributed by atoms with Gasteiger partial charge in [0, 0.05) is 17.0 Å². The summed E-state index contributed by atoms with van der Waals surface area (Å²) in [6, 6.07) is 15.4. The minimum absolute atomic E-state index is 0.00579. The van der Waals surface area contributed by atoms with Crippen LogP contribution in [0.5, 0.6) is 0 Å². The molecule has 156 valence electrons. The van der Waals surface area contributed by atoms with Crippen LogP contribution in [0, 0.1) is 0 Å². The fourth-order valence-electron chi connectivity index (χ4n) is 3.95. The average Bonchev–Trinajstić information content (AvgIpc) is 3.42. The zero-order valence-electron chi connectivity index (χ0n) is 17.5. The summed E-state index contributed by atoms with van der Waals surface area (Å²) < 4.78 is 5.31. The molecule has 0 aliphatic carbocycles. The van der Waals surface area contributed by atoms with Gasteiger partial charge in [-0.25, -0.2) is 0 Å². The van der Waals surface area contributed by atoms with Crippen LogP contribution in [0.1, 0.15) is 53.4 Å². The molecule has 30 heavy (non-hydrogen) atoms. The van der Waals surface area contributed by atoms with Crippen molar-refractivity contribution in [1.29, 1.82) is 0 Å². The highest BCUT2D eigenvalue weighted by Gasteiger charge is 2.36. The van der Waals surface area contributed by atoms with Crippen LogP contribution in [0.4, 0.5) is 0 Å². The molecular weight excluding hydrogens is 396 g/mol. The van der Waals surface area contributed by atoms with E-state index in [2.05, 4.69) is 23.6 Å². The Kier molecular flexibility index (Phi) is 5.52. The van der Waals surface area contributed by atoms with Gasteiger partial charge in [-0.3, -0.25) is 9.59 Å². The minimum atomic E-state index is -0.523. The smallest absolute Gasteiger partial charge is 0.290 e. The number of nitrogens with zero attached hydrogens (tertiary/aromatic N) is 2. The normalized spacial score (nSPS) is 16.2. The second-order valence-electron chi connectivity index (χ2n) is 8.49. The van der Waals surface area contributed by atoms with Crippen molar-refractivity contribution in [3.05, 3.63) is 81.9 Å². The standard InChI is InChI=1S/C24H26N2O3S/c1-24(2,3)26(23(28)19-10-7-14-29-19)16-21(27)25-13-11-20-18(12-15-30-20)22(25)17-8-5-4-6-9-17/h4-10,12,14-15,22H,11,13,16H2,1-3H3. The SMILES string of the molecule is CC(C)(C)N(CC(=O)N1CCc2sccc2C1c1ccccc1)C(=O)c1ccco1. The first-order valence-corrected chi connectivity index (χ1v) is 11.0. The van der Waals surface area contributed by atoms with Crippen LogP contribution in [-0.2, 0) is 11.2 Å². The average molecular weight is 423 g/mol. The van der Waals surface area contributed by atoms with Crippen LogP contribution in [0.15, 0.2) is 64.6 Å². The number of rotatable bonds is 4. The molecule has 0 spiro atoms. The highest BCUT2D eigenvalue weighted by Crippen LogP contribution is 2.38. The third-order valence-electron chi connectivity index (χ3n) is 5.48. The lowest BCUT2D eigenvalue weighted by Crippen LogP contribution is -2.52. The predicted octanol–water partition coefficient (Wildman–Crippen LogP) is 4.76. The van der Waals surface area contributed by atoms with Crippen molar-refractivity contribution >= 4 is 23.2 Å².